The maximum atomic E-state index is 12.8. The molecule has 0 saturated carbocycles. The van der Waals surface area contributed by atoms with Crippen molar-refractivity contribution in [1.29, 1.82) is 0 Å². The van der Waals surface area contributed by atoms with Gasteiger partial charge >= 0.3 is 6.18 Å². The largest absolute Gasteiger partial charge is 0.417 e. The van der Waals surface area contributed by atoms with E-state index in [1.807, 2.05) is 31.2 Å². The van der Waals surface area contributed by atoms with E-state index >= 15 is 0 Å². The van der Waals surface area contributed by atoms with Crippen molar-refractivity contribution in [2.24, 2.45) is 0 Å². The summed E-state index contributed by atoms with van der Waals surface area (Å²) in [7, 11) is 0. The van der Waals surface area contributed by atoms with Gasteiger partial charge in [0.2, 0.25) is 5.91 Å². The Labute approximate surface area is 147 Å². The van der Waals surface area contributed by atoms with E-state index in [2.05, 4.69) is 5.32 Å². The first-order valence-corrected chi connectivity index (χ1v) is 8.33. The topological polar surface area (TPSA) is 29.1 Å². The van der Waals surface area contributed by atoms with Crippen LogP contribution >= 0.6 is 23.4 Å². The summed E-state index contributed by atoms with van der Waals surface area (Å²) in [5.74, 6) is -0.379. The number of nitrogens with one attached hydrogen (secondary N) is 1. The Bertz CT molecular complexity index is 732. The summed E-state index contributed by atoms with van der Waals surface area (Å²) in [4.78, 5) is 13.1. The summed E-state index contributed by atoms with van der Waals surface area (Å²) in [5.41, 5.74) is 0.200. The highest BCUT2D eigenvalue weighted by Crippen LogP contribution is 2.36. The smallest absolute Gasteiger partial charge is 0.325 e. The van der Waals surface area contributed by atoms with Crippen LogP contribution in [-0.4, -0.2) is 11.2 Å². The van der Waals surface area contributed by atoms with Gasteiger partial charge in [-0.25, -0.2) is 0 Å². The van der Waals surface area contributed by atoms with Crippen LogP contribution in [-0.2, 0) is 11.0 Å². The van der Waals surface area contributed by atoms with Gasteiger partial charge in [-0.15, -0.1) is 11.8 Å². The molecule has 24 heavy (non-hydrogen) atoms. The van der Waals surface area contributed by atoms with Crippen LogP contribution in [0.1, 0.15) is 18.1 Å². The summed E-state index contributed by atoms with van der Waals surface area (Å²) >= 11 is 6.90. The van der Waals surface area contributed by atoms with Gasteiger partial charge in [0.05, 0.1) is 15.8 Å². The molecule has 0 unspecified atom stereocenters. The predicted molar refractivity (Wildman–Crippen MR) is 91.6 cm³/mol. The van der Waals surface area contributed by atoms with Crippen LogP contribution in [0.2, 0.25) is 5.02 Å². The molecule has 0 aliphatic rings. The quantitative estimate of drug-likeness (QED) is 0.687. The second kappa shape index (κ2) is 7.49. The highest BCUT2D eigenvalue weighted by atomic mass is 35.5. The Morgan fingerprint density at radius 1 is 1.17 bits per heavy atom. The molecule has 1 atom stereocenters. The van der Waals surface area contributed by atoms with Crippen molar-refractivity contribution in [3.05, 3.63) is 58.6 Å². The number of benzene rings is 2. The molecule has 0 aromatic heterocycles. The third kappa shape index (κ3) is 4.92. The number of amides is 1. The Hall–Kier alpha value is -1.66. The molecule has 1 amide bonds. The molecule has 0 aliphatic carbocycles. The average Bonchev–Trinajstić information content (AvgIpc) is 2.50. The van der Waals surface area contributed by atoms with Crippen molar-refractivity contribution in [3.8, 4) is 0 Å². The van der Waals surface area contributed by atoms with Gasteiger partial charge < -0.3 is 5.32 Å². The van der Waals surface area contributed by atoms with Crippen molar-refractivity contribution < 1.29 is 18.0 Å². The SMILES string of the molecule is Cc1ccc(S[C@@H](C)C(=O)Nc2ccc(Cl)c(C(F)(F)F)c2)cc1. The number of anilines is 1. The van der Waals surface area contributed by atoms with Crippen LogP contribution in [0.25, 0.3) is 0 Å². The molecule has 0 heterocycles. The van der Waals surface area contributed by atoms with Gasteiger partial charge in [0.15, 0.2) is 0 Å². The number of thioether (sulfide) groups is 1. The van der Waals surface area contributed by atoms with Crippen LogP contribution < -0.4 is 5.32 Å². The molecule has 2 aromatic carbocycles. The highest BCUT2D eigenvalue weighted by Gasteiger charge is 2.33. The Balaban J connectivity index is 2.07. The van der Waals surface area contributed by atoms with E-state index in [4.69, 9.17) is 11.6 Å². The van der Waals surface area contributed by atoms with Crippen molar-refractivity contribution in [3.63, 3.8) is 0 Å². The molecular weight excluding hydrogens is 359 g/mol. The van der Waals surface area contributed by atoms with Crippen LogP contribution in [0.15, 0.2) is 47.4 Å². The molecule has 0 spiro atoms. The maximum Gasteiger partial charge on any atom is 0.417 e. The zero-order valence-electron chi connectivity index (χ0n) is 12.9. The van der Waals surface area contributed by atoms with Crippen molar-refractivity contribution >= 4 is 35.0 Å². The molecule has 1 N–H and O–H groups in total. The Morgan fingerprint density at radius 2 is 1.79 bits per heavy atom. The number of hydrogen-bond donors (Lipinski definition) is 1. The van der Waals surface area contributed by atoms with Crippen LogP contribution in [0, 0.1) is 6.92 Å². The molecule has 128 valence electrons. The standard InChI is InChI=1S/C17H15ClF3NOS/c1-10-3-6-13(7-4-10)24-11(2)16(23)22-12-5-8-15(18)14(9-12)17(19,20)21/h3-9,11H,1-2H3,(H,22,23)/t11-/m0/s1. The molecular formula is C17H15ClF3NOS. The Kier molecular flexibility index (Phi) is 5.83. The van der Waals surface area contributed by atoms with Gasteiger partial charge in [-0.05, 0) is 44.2 Å². The minimum Gasteiger partial charge on any atom is -0.325 e. The van der Waals surface area contributed by atoms with Gasteiger partial charge in [-0.1, -0.05) is 29.3 Å². The van der Waals surface area contributed by atoms with Crippen molar-refractivity contribution in [2.75, 3.05) is 5.32 Å². The fourth-order valence-corrected chi connectivity index (χ4v) is 3.03. The number of alkyl halides is 3. The predicted octanol–water partition coefficient (Wildman–Crippen LogP) is 5.79. The first kappa shape index (κ1) is 18.7. The van der Waals surface area contributed by atoms with Gasteiger partial charge in [0.25, 0.3) is 0 Å². The number of carbonyl (C=O) groups excluding carboxylic acids is 1. The van der Waals surface area contributed by atoms with E-state index in [0.717, 1.165) is 22.6 Å². The fraction of sp³-hybridized carbons (Fsp3) is 0.235. The number of carbonyl (C=O) groups is 1. The third-order valence-corrected chi connectivity index (χ3v) is 4.68. The number of halogens is 4. The first-order chi connectivity index (χ1) is 11.2. The molecule has 0 fully saturated rings. The highest BCUT2D eigenvalue weighted by molar-refractivity contribution is 8.00. The van der Waals surface area contributed by atoms with E-state index < -0.39 is 22.0 Å². The monoisotopic (exact) mass is 373 g/mol. The summed E-state index contributed by atoms with van der Waals surface area (Å²) in [6.45, 7) is 3.66. The van der Waals surface area contributed by atoms with E-state index in [0.29, 0.717) is 0 Å². The van der Waals surface area contributed by atoms with Gasteiger partial charge in [0, 0.05) is 10.6 Å². The lowest BCUT2D eigenvalue weighted by molar-refractivity contribution is -0.137. The number of aryl methyl sites for hydroxylation is 1. The van der Waals surface area contributed by atoms with E-state index in [-0.39, 0.29) is 11.6 Å². The molecule has 0 radical (unpaired) electrons. The summed E-state index contributed by atoms with van der Waals surface area (Å²) < 4.78 is 38.5. The molecule has 7 heteroatoms. The first-order valence-electron chi connectivity index (χ1n) is 7.08. The van der Waals surface area contributed by atoms with E-state index in [1.165, 1.54) is 17.8 Å². The van der Waals surface area contributed by atoms with Gasteiger partial charge in [0.1, 0.15) is 0 Å². The van der Waals surface area contributed by atoms with Gasteiger partial charge in [-0.3, -0.25) is 4.79 Å². The van der Waals surface area contributed by atoms with E-state index in [9.17, 15) is 18.0 Å². The molecule has 0 saturated heterocycles. The third-order valence-electron chi connectivity index (χ3n) is 3.24. The zero-order valence-corrected chi connectivity index (χ0v) is 14.5. The summed E-state index contributed by atoms with van der Waals surface area (Å²) in [6, 6.07) is 11.0. The lowest BCUT2D eigenvalue weighted by atomic mass is 10.2. The van der Waals surface area contributed by atoms with Crippen LogP contribution in [0.5, 0.6) is 0 Å². The average molecular weight is 374 g/mol. The summed E-state index contributed by atoms with van der Waals surface area (Å²) in [6.07, 6.45) is -4.57. The fourth-order valence-electron chi connectivity index (χ4n) is 1.94. The van der Waals surface area contributed by atoms with Crippen LogP contribution in [0.3, 0.4) is 0 Å². The molecule has 0 aliphatic heterocycles. The molecule has 2 aromatic rings. The summed E-state index contributed by atoms with van der Waals surface area (Å²) in [5, 5.41) is 1.63. The molecule has 2 nitrogen and oxygen atoms in total. The Morgan fingerprint density at radius 3 is 2.38 bits per heavy atom. The second-order valence-electron chi connectivity index (χ2n) is 5.25. The van der Waals surface area contributed by atoms with Crippen molar-refractivity contribution in [2.45, 2.75) is 30.2 Å². The minimum absolute atomic E-state index is 0.0630. The van der Waals surface area contributed by atoms with Gasteiger partial charge in [-0.2, -0.15) is 13.2 Å². The lowest BCUT2D eigenvalue weighted by Crippen LogP contribution is -2.22. The molecule has 2 rings (SSSR count). The maximum absolute atomic E-state index is 12.8. The molecule has 0 bridgehead atoms. The van der Waals surface area contributed by atoms with Crippen LogP contribution in [0.4, 0.5) is 18.9 Å². The van der Waals surface area contributed by atoms with Crippen molar-refractivity contribution in [1.82, 2.24) is 0 Å². The number of rotatable bonds is 4. The minimum atomic E-state index is -4.57. The zero-order chi connectivity index (χ0) is 17.9. The second-order valence-corrected chi connectivity index (χ2v) is 7.08. The van der Waals surface area contributed by atoms with E-state index in [1.54, 1.807) is 6.92 Å². The lowest BCUT2D eigenvalue weighted by Gasteiger charge is -2.14. The number of hydrogen-bond acceptors (Lipinski definition) is 2. The normalized spacial score (nSPS) is 12.8.